The molecule has 2 aromatic carbocycles. The van der Waals surface area contributed by atoms with Crippen molar-refractivity contribution >= 4 is 38.3 Å². The highest BCUT2D eigenvalue weighted by Gasteiger charge is 2.37. The number of para-hydroxylation sites is 1. The number of piperazine rings is 1. The number of anilines is 2. The van der Waals surface area contributed by atoms with Crippen molar-refractivity contribution in [1.82, 2.24) is 10.3 Å². The van der Waals surface area contributed by atoms with E-state index in [0.29, 0.717) is 42.1 Å². The summed E-state index contributed by atoms with van der Waals surface area (Å²) in [6, 6.07) is 8.57. The smallest absolute Gasteiger partial charge is 0.263 e. The van der Waals surface area contributed by atoms with Crippen molar-refractivity contribution in [2.45, 2.75) is 18.5 Å². The van der Waals surface area contributed by atoms with E-state index in [4.69, 9.17) is 4.74 Å². The zero-order valence-electron chi connectivity index (χ0n) is 15.5. The number of methoxy groups -OCH3 is 1. The third-order valence-electron chi connectivity index (χ3n) is 5.36. The number of halogens is 2. The van der Waals surface area contributed by atoms with E-state index in [2.05, 4.69) is 15.6 Å². The summed E-state index contributed by atoms with van der Waals surface area (Å²) in [5.41, 5.74) is 0.432. The van der Waals surface area contributed by atoms with Crippen LogP contribution >= 0.6 is 11.3 Å². The van der Waals surface area contributed by atoms with Gasteiger partial charge in [0.1, 0.15) is 28.5 Å². The minimum Gasteiger partial charge on any atom is -0.494 e. The van der Waals surface area contributed by atoms with E-state index in [0.717, 1.165) is 11.1 Å². The number of rotatable bonds is 4. The number of nitrogens with one attached hydrogen (secondary N) is 2. The molecule has 6 nitrogen and oxygen atoms in total. The van der Waals surface area contributed by atoms with Crippen LogP contribution < -0.4 is 20.3 Å². The van der Waals surface area contributed by atoms with Crippen molar-refractivity contribution in [3.63, 3.8) is 0 Å². The highest BCUT2D eigenvalue weighted by atomic mass is 32.1. The topological polar surface area (TPSA) is 66.5 Å². The van der Waals surface area contributed by atoms with Crippen LogP contribution in [0.5, 0.6) is 5.75 Å². The molecule has 0 saturated carbocycles. The van der Waals surface area contributed by atoms with Crippen molar-refractivity contribution in [3.05, 3.63) is 47.5 Å². The van der Waals surface area contributed by atoms with Gasteiger partial charge in [0.05, 0.1) is 11.8 Å². The number of hydrogen-bond acceptors (Lipinski definition) is 6. The van der Waals surface area contributed by atoms with Gasteiger partial charge < -0.3 is 15.0 Å². The molecule has 29 heavy (non-hydrogen) atoms. The van der Waals surface area contributed by atoms with Gasteiger partial charge in [-0.15, -0.1) is 0 Å². The number of fused-ring (bicyclic) bond motifs is 3. The number of aromatic nitrogens is 1. The molecule has 1 aromatic heterocycles. The Morgan fingerprint density at radius 1 is 1.28 bits per heavy atom. The number of benzene rings is 2. The number of thiazole rings is 1. The van der Waals surface area contributed by atoms with Gasteiger partial charge in [0.2, 0.25) is 0 Å². The predicted octanol–water partition coefficient (Wildman–Crippen LogP) is 3.39. The Balaban J connectivity index is 1.39. The molecule has 2 bridgehead atoms. The molecule has 3 saturated heterocycles. The van der Waals surface area contributed by atoms with Crippen molar-refractivity contribution < 1.29 is 18.3 Å². The second-order valence-electron chi connectivity index (χ2n) is 7.27. The van der Waals surface area contributed by atoms with Gasteiger partial charge in [0.15, 0.2) is 5.13 Å². The molecule has 0 aliphatic carbocycles. The Bertz CT molecular complexity index is 1080. The van der Waals surface area contributed by atoms with Crippen molar-refractivity contribution in [1.29, 1.82) is 0 Å². The lowest BCUT2D eigenvalue weighted by molar-refractivity contribution is 0.101. The number of carbonyl (C=O) groups excluding carboxylic acids is 1. The molecule has 0 radical (unpaired) electrons. The zero-order valence-corrected chi connectivity index (χ0v) is 16.4. The fourth-order valence-corrected chi connectivity index (χ4v) is 4.86. The number of carbonyl (C=O) groups is 1. The van der Waals surface area contributed by atoms with Crippen LogP contribution in [0.4, 0.5) is 19.6 Å². The lowest BCUT2D eigenvalue weighted by atomic mass is 9.91. The van der Waals surface area contributed by atoms with Gasteiger partial charge >= 0.3 is 0 Å². The summed E-state index contributed by atoms with van der Waals surface area (Å²) in [6.07, 6.45) is 1.09. The molecule has 3 fully saturated rings. The highest BCUT2D eigenvalue weighted by molar-refractivity contribution is 7.22. The number of nitrogens with zero attached hydrogens (tertiary/aromatic N) is 2. The molecule has 0 spiro atoms. The van der Waals surface area contributed by atoms with Gasteiger partial charge in [-0.2, -0.15) is 0 Å². The monoisotopic (exact) mass is 416 g/mol. The first kappa shape index (κ1) is 18.3. The Morgan fingerprint density at radius 2 is 1.97 bits per heavy atom. The molecule has 2 atom stereocenters. The summed E-state index contributed by atoms with van der Waals surface area (Å²) < 4.78 is 35.4. The van der Waals surface area contributed by atoms with Crippen LogP contribution in [0.2, 0.25) is 0 Å². The number of hydrogen-bond donors (Lipinski definition) is 2. The maximum absolute atomic E-state index is 14.7. The Hall–Kier alpha value is -2.78. The van der Waals surface area contributed by atoms with Crippen LogP contribution in [0.15, 0.2) is 30.3 Å². The first-order valence-corrected chi connectivity index (χ1v) is 10.1. The summed E-state index contributed by atoms with van der Waals surface area (Å²) >= 11 is 1.21. The molecular weight excluding hydrogens is 398 g/mol. The van der Waals surface area contributed by atoms with Gasteiger partial charge in [-0.05, 0) is 30.7 Å². The molecule has 9 heteroatoms. The van der Waals surface area contributed by atoms with Gasteiger partial charge in [-0.1, -0.05) is 17.4 Å². The van der Waals surface area contributed by atoms with Gasteiger partial charge in [-0.25, -0.2) is 13.8 Å². The van der Waals surface area contributed by atoms with Crippen LogP contribution in [0.25, 0.3) is 10.2 Å². The summed E-state index contributed by atoms with van der Waals surface area (Å²) in [4.78, 5) is 18.8. The molecule has 2 N–H and O–H groups in total. The zero-order chi connectivity index (χ0) is 20.1. The first-order chi connectivity index (χ1) is 14.0. The Labute approximate surface area is 169 Å². The van der Waals surface area contributed by atoms with Crippen LogP contribution in [-0.4, -0.2) is 43.2 Å². The molecular formula is C20H18F2N4O2S. The highest BCUT2D eigenvalue weighted by Crippen LogP contribution is 2.33. The molecule has 4 heterocycles. The van der Waals surface area contributed by atoms with Crippen LogP contribution in [0.3, 0.4) is 0 Å². The van der Waals surface area contributed by atoms with E-state index in [1.165, 1.54) is 30.6 Å². The van der Waals surface area contributed by atoms with E-state index in [1.807, 2.05) is 17.0 Å². The maximum atomic E-state index is 14.7. The fourth-order valence-electron chi connectivity index (χ4n) is 3.98. The van der Waals surface area contributed by atoms with Crippen molar-refractivity contribution in [2.75, 3.05) is 30.4 Å². The average molecular weight is 416 g/mol. The summed E-state index contributed by atoms with van der Waals surface area (Å²) in [7, 11) is 1.53. The second kappa shape index (κ2) is 6.93. The minimum absolute atomic E-state index is 0.250. The second-order valence-corrected chi connectivity index (χ2v) is 8.30. The Kier molecular flexibility index (Phi) is 4.36. The molecule has 2 unspecified atom stereocenters. The van der Waals surface area contributed by atoms with Gasteiger partial charge in [-0.3, -0.25) is 10.1 Å². The number of piperidine rings is 1. The summed E-state index contributed by atoms with van der Waals surface area (Å²) in [5.74, 6) is -2.07. The predicted molar refractivity (Wildman–Crippen MR) is 108 cm³/mol. The molecule has 150 valence electrons. The maximum Gasteiger partial charge on any atom is 0.263 e. The van der Waals surface area contributed by atoms with E-state index in [9.17, 15) is 13.6 Å². The summed E-state index contributed by atoms with van der Waals surface area (Å²) in [6.45, 7) is 1.41. The van der Waals surface area contributed by atoms with Gasteiger partial charge in [0.25, 0.3) is 5.91 Å². The first-order valence-electron chi connectivity index (χ1n) is 9.27. The molecule has 3 aliphatic heterocycles. The molecule has 3 aliphatic rings. The number of amides is 1. The fraction of sp³-hybridized carbons (Fsp3) is 0.300. The third kappa shape index (κ3) is 3.20. The normalized spacial score (nSPS) is 20.4. The average Bonchev–Trinajstić information content (AvgIpc) is 3.09. The van der Waals surface area contributed by atoms with E-state index >= 15 is 0 Å². The number of ether oxygens (including phenoxy) is 1. The van der Waals surface area contributed by atoms with Crippen LogP contribution in [0, 0.1) is 11.6 Å². The molecule has 1 amide bonds. The van der Waals surface area contributed by atoms with E-state index < -0.39 is 23.1 Å². The van der Waals surface area contributed by atoms with Crippen molar-refractivity contribution in [3.8, 4) is 5.75 Å². The van der Waals surface area contributed by atoms with E-state index in [-0.39, 0.29) is 5.13 Å². The summed E-state index contributed by atoms with van der Waals surface area (Å²) in [5, 5.41) is 6.13. The minimum atomic E-state index is -0.886. The van der Waals surface area contributed by atoms with Crippen LogP contribution in [-0.2, 0) is 0 Å². The Morgan fingerprint density at radius 3 is 2.62 bits per heavy atom. The van der Waals surface area contributed by atoms with Gasteiger partial charge in [0, 0.05) is 30.9 Å². The van der Waals surface area contributed by atoms with Crippen molar-refractivity contribution in [2.24, 2.45) is 0 Å². The third-order valence-corrected chi connectivity index (χ3v) is 6.30. The largest absolute Gasteiger partial charge is 0.494 e. The quantitative estimate of drug-likeness (QED) is 0.683. The van der Waals surface area contributed by atoms with E-state index in [1.54, 1.807) is 6.07 Å². The molecule has 6 rings (SSSR count). The molecule has 3 aromatic rings. The lowest BCUT2D eigenvalue weighted by Gasteiger charge is -2.49. The standard InChI is InChI=1S/C20H18F2N4O2S/c1-28-15-3-2-4-16-18(15)24-20(29-16)25-19(27)17-13(21)6-12(7-14(17)22)26-8-10-5-11(9-26)23-10/h2-4,6-7,10-11,23H,5,8-9H2,1H3,(H,24,25,27). The SMILES string of the molecule is COc1cccc2sc(NC(=O)c3c(F)cc(N4CC5CC(C4)N5)cc3F)nc12. The van der Waals surface area contributed by atoms with Crippen LogP contribution in [0.1, 0.15) is 16.8 Å². The lowest BCUT2D eigenvalue weighted by Crippen LogP contribution is -2.67.